The number of fused-ring (bicyclic) bond motifs is 1. The summed E-state index contributed by atoms with van der Waals surface area (Å²) >= 11 is 0. The van der Waals surface area contributed by atoms with Gasteiger partial charge >= 0.3 is 0 Å². The summed E-state index contributed by atoms with van der Waals surface area (Å²) < 4.78 is 0. The molecule has 1 aliphatic heterocycles. The standard InChI is InChI=1S/C28H21NO2/c30-19-20-16-17-25-24(18-20)26(21-10-4-1-5-11-21)27(22-12-6-2-7-13-22)29(25)28(31)23-14-8-3-9-15-23/h1-19,26-27H. The van der Waals surface area contributed by atoms with Crippen molar-refractivity contribution >= 4 is 17.9 Å². The number of hydrogen-bond donors (Lipinski definition) is 0. The highest BCUT2D eigenvalue weighted by Gasteiger charge is 2.43. The molecule has 0 aromatic heterocycles. The molecule has 0 radical (unpaired) electrons. The zero-order chi connectivity index (χ0) is 21.2. The third-order valence-electron chi connectivity index (χ3n) is 5.92. The fourth-order valence-corrected chi connectivity index (χ4v) is 4.55. The fourth-order valence-electron chi connectivity index (χ4n) is 4.55. The Kier molecular flexibility index (Phi) is 4.93. The molecular weight excluding hydrogens is 382 g/mol. The smallest absolute Gasteiger partial charge is 0.258 e. The summed E-state index contributed by atoms with van der Waals surface area (Å²) in [6, 6.07) is 35.1. The van der Waals surface area contributed by atoms with Gasteiger partial charge in [0.05, 0.1) is 6.04 Å². The first kappa shape index (κ1) is 19.0. The van der Waals surface area contributed by atoms with E-state index in [2.05, 4.69) is 24.3 Å². The van der Waals surface area contributed by atoms with Crippen LogP contribution in [0.15, 0.2) is 109 Å². The van der Waals surface area contributed by atoms with Crippen molar-refractivity contribution < 1.29 is 9.59 Å². The van der Waals surface area contributed by atoms with E-state index in [1.54, 1.807) is 6.07 Å². The van der Waals surface area contributed by atoms with Crippen molar-refractivity contribution in [1.29, 1.82) is 0 Å². The SMILES string of the molecule is O=Cc1ccc2c(c1)C(c1ccccc1)C(c1ccccc1)N2C(=O)c1ccccc1. The molecule has 0 N–H and O–H groups in total. The van der Waals surface area contributed by atoms with Crippen LogP contribution in [0.4, 0.5) is 5.69 Å². The van der Waals surface area contributed by atoms with Gasteiger partial charge in [-0.3, -0.25) is 14.5 Å². The van der Waals surface area contributed by atoms with Crippen molar-refractivity contribution in [2.45, 2.75) is 12.0 Å². The lowest BCUT2D eigenvalue weighted by molar-refractivity contribution is 0.0977. The third kappa shape index (κ3) is 3.34. The third-order valence-corrected chi connectivity index (χ3v) is 5.92. The molecule has 3 heteroatoms. The van der Waals surface area contributed by atoms with E-state index in [0.29, 0.717) is 11.1 Å². The normalized spacial score (nSPS) is 17.2. The maximum absolute atomic E-state index is 13.8. The summed E-state index contributed by atoms with van der Waals surface area (Å²) in [4.78, 5) is 27.2. The number of rotatable bonds is 4. The second kappa shape index (κ2) is 8.04. The minimum absolute atomic E-state index is 0.0482. The van der Waals surface area contributed by atoms with Crippen LogP contribution in [-0.2, 0) is 0 Å². The first-order valence-electron chi connectivity index (χ1n) is 10.4. The van der Waals surface area contributed by atoms with Gasteiger partial charge in [0.1, 0.15) is 6.29 Å². The van der Waals surface area contributed by atoms with Gasteiger partial charge in [-0.25, -0.2) is 0 Å². The van der Waals surface area contributed by atoms with Crippen LogP contribution >= 0.6 is 0 Å². The van der Waals surface area contributed by atoms with Crippen LogP contribution in [0.1, 0.15) is 49.4 Å². The summed E-state index contributed by atoms with van der Waals surface area (Å²) in [5.74, 6) is -0.126. The molecule has 0 saturated heterocycles. The summed E-state index contributed by atoms with van der Waals surface area (Å²) in [5.41, 5.74) is 5.27. The lowest BCUT2D eigenvalue weighted by Crippen LogP contribution is -2.33. The number of aldehydes is 1. The van der Waals surface area contributed by atoms with E-state index in [1.807, 2.05) is 83.8 Å². The Bertz CT molecular complexity index is 1220. The summed E-state index contributed by atoms with van der Waals surface area (Å²) in [6.45, 7) is 0. The number of carbonyl (C=O) groups is 2. The maximum atomic E-state index is 13.8. The maximum Gasteiger partial charge on any atom is 0.258 e. The number of hydrogen-bond acceptors (Lipinski definition) is 2. The zero-order valence-corrected chi connectivity index (χ0v) is 16.9. The predicted octanol–water partition coefficient (Wildman–Crippen LogP) is 6.03. The Hall–Kier alpha value is -3.98. The van der Waals surface area contributed by atoms with Gasteiger partial charge in [-0.05, 0) is 47.0 Å². The van der Waals surface area contributed by atoms with Crippen molar-refractivity contribution in [3.63, 3.8) is 0 Å². The van der Waals surface area contributed by atoms with Crippen molar-refractivity contribution in [3.8, 4) is 0 Å². The molecule has 1 heterocycles. The van der Waals surface area contributed by atoms with Gasteiger partial charge in [-0.1, -0.05) is 78.9 Å². The number of nitrogens with zero attached hydrogens (tertiary/aromatic N) is 1. The highest BCUT2D eigenvalue weighted by atomic mass is 16.2. The molecule has 1 amide bonds. The van der Waals surface area contributed by atoms with Crippen LogP contribution in [0.3, 0.4) is 0 Å². The number of carbonyl (C=O) groups excluding carboxylic acids is 2. The van der Waals surface area contributed by atoms with E-state index in [-0.39, 0.29) is 17.9 Å². The molecule has 0 bridgehead atoms. The second-order valence-electron chi connectivity index (χ2n) is 7.72. The van der Waals surface area contributed by atoms with E-state index in [4.69, 9.17) is 0 Å². The molecule has 0 aliphatic carbocycles. The lowest BCUT2D eigenvalue weighted by atomic mass is 9.84. The molecule has 4 aromatic carbocycles. The number of benzene rings is 4. The Morgan fingerprint density at radius 3 is 1.90 bits per heavy atom. The average molecular weight is 403 g/mol. The van der Waals surface area contributed by atoms with E-state index in [0.717, 1.165) is 28.7 Å². The van der Waals surface area contributed by atoms with Crippen LogP contribution in [0.25, 0.3) is 0 Å². The van der Waals surface area contributed by atoms with Crippen LogP contribution in [0.5, 0.6) is 0 Å². The molecule has 2 unspecified atom stereocenters. The van der Waals surface area contributed by atoms with Crippen molar-refractivity contribution in [2.75, 3.05) is 4.90 Å². The first-order valence-corrected chi connectivity index (χ1v) is 10.4. The van der Waals surface area contributed by atoms with Gasteiger partial charge in [-0.15, -0.1) is 0 Å². The Morgan fingerprint density at radius 2 is 1.29 bits per heavy atom. The van der Waals surface area contributed by atoms with E-state index in [1.165, 1.54) is 0 Å². The van der Waals surface area contributed by atoms with Gasteiger partial charge in [0.25, 0.3) is 5.91 Å². The van der Waals surface area contributed by atoms with Crippen LogP contribution in [0.2, 0.25) is 0 Å². The van der Waals surface area contributed by atoms with Crippen molar-refractivity contribution in [3.05, 3.63) is 137 Å². The molecule has 5 rings (SSSR count). The van der Waals surface area contributed by atoms with Gasteiger partial charge in [0.15, 0.2) is 0 Å². The minimum Gasteiger partial charge on any atom is -0.300 e. The number of anilines is 1. The highest BCUT2D eigenvalue weighted by molar-refractivity contribution is 6.08. The molecular formula is C28H21NO2. The zero-order valence-electron chi connectivity index (χ0n) is 16.9. The van der Waals surface area contributed by atoms with Crippen molar-refractivity contribution in [1.82, 2.24) is 0 Å². The molecule has 0 saturated carbocycles. The molecule has 3 nitrogen and oxygen atoms in total. The summed E-state index contributed by atoms with van der Waals surface area (Å²) in [7, 11) is 0. The van der Waals surface area contributed by atoms with Crippen LogP contribution < -0.4 is 4.90 Å². The Balaban J connectivity index is 1.76. The molecule has 4 aromatic rings. The Morgan fingerprint density at radius 1 is 0.710 bits per heavy atom. The van der Waals surface area contributed by atoms with Crippen LogP contribution in [-0.4, -0.2) is 12.2 Å². The molecule has 0 spiro atoms. The molecule has 0 fully saturated rings. The van der Waals surface area contributed by atoms with E-state index < -0.39 is 0 Å². The van der Waals surface area contributed by atoms with Gasteiger partial charge in [0, 0.05) is 22.7 Å². The number of amides is 1. The Labute approximate surface area is 181 Å². The predicted molar refractivity (Wildman–Crippen MR) is 123 cm³/mol. The minimum atomic E-state index is -0.215. The van der Waals surface area contributed by atoms with Gasteiger partial charge in [0.2, 0.25) is 0 Å². The van der Waals surface area contributed by atoms with Crippen LogP contribution in [0, 0.1) is 0 Å². The van der Waals surface area contributed by atoms with Gasteiger partial charge < -0.3 is 0 Å². The first-order chi connectivity index (χ1) is 15.3. The fraction of sp³-hybridized carbons (Fsp3) is 0.0714. The molecule has 150 valence electrons. The molecule has 2 atom stereocenters. The van der Waals surface area contributed by atoms with E-state index >= 15 is 0 Å². The topological polar surface area (TPSA) is 37.4 Å². The highest BCUT2D eigenvalue weighted by Crippen LogP contribution is 2.52. The average Bonchev–Trinajstić information content (AvgIpc) is 3.19. The van der Waals surface area contributed by atoms with Gasteiger partial charge in [-0.2, -0.15) is 0 Å². The monoisotopic (exact) mass is 403 g/mol. The molecule has 31 heavy (non-hydrogen) atoms. The van der Waals surface area contributed by atoms with Crippen molar-refractivity contribution in [2.24, 2.45) is 0 Å². The summed E-state index contributed by atoms with van der Waals surface area (Å²) in [5, 5.41) is 0. The molecule has 1 aliphatic rings. The quantitative estimate of drug-likeness (QED) is 0.390. The van der Waals surface area contributed by atoms with E-state index in [9.17, 15) is 9.59 Å². The summed E-state index contributed by atoms with van der Waals surface area (Å²) in [6.07, 6.45) is 0.863. The largest absolute Gasteiger partial charge is 0.300 e. The second-order valence-corrected chi connectivity index (χ2v) is 7.72. The lowest BCUT2D eigenvalue weighted by Gasteiger charge is -2.30.